The van der Waals surface area contributed by atoms with Crippen LogP contribution in [0.15, 0.2) is 17.3 Å². The maximum atomic E-state index is 12.6. The van der Waals surface area contributed by atoms with Crippen LogP contribution in [0.4, 0.5) is 0 Å². The van der Waals surface area contributed by atoms with E-state index in [0.29, 0.717) is 5.92 Å². The summed E-state index contributed by atoms with van der Waals surface area (Å²) in [6.45, 7) is 6.22. The molecule has 24 heavy (non-hydrogen) atoms. The first-order valence-electron chi connectivity index (χ1n) is 8.92. The van der Waals surface area contributed by atoms with Crippen molar-refractivity contribution < 1.29 is 14.4 Å². The van der Waals surface area contributed by atoms with Gasteiger partial charge in [-0.05, 0) is 50.7 Å². The Hall–Kier alpha value is -1.84. The highest BCUT2D eigenvalue weighted by Gasteiger charge is 2.46. The molecule has 0 saturated heterocycles. The molecule has 0 amide bonds. The quantitative estimate of drug-likeness (QED) is 0.785. The first-order chi connectivity index (χ1) is 11.5. The number of methoxy groups -OCH3 is 1. The normalized spacial score (nSPS) is 24.4. The summed E-state index contributed by atoms with van der Waals surface area (Å²) >= 11 is 0. The lowest BCUT2D eigenvalue weighted by Gasteiger charge is -2.29. The van der Waals surface area contributed by atoms with Gasteiger partial charge in [0.25, 0.3) is 0 Å². The third kappa shape index (κ3) is 3.06. The smallest absolute Gasteiger partial charge is 0.318 e. The zero-order valence-electron chi connectivity index (χ0n) is 15.1. The fourth-order valence-electron chi connectivity index (χ4n) is 4.37. The summed E-state index contributed by atoms with van der Waals surface area (Å²) in [6, 6.07) is 4.26. The fourth-order valence-corrected chi connectivity index (χ4v) is 4.37. The van der Waals surface area contributed by atoms with E-state index >= 15 is 0 Å². The van der Waals surface area contributed by atoms with E-state index in [0.717, 1.165) is 35.2 Å². The molecule has 0 aromatic heterocycles. The monoisotopic (exact) mass is 329 g/mol. The summed E-state index contributed by atoms with van der Waals surface area (Å²) in [4.78, 5) is 18.4. The summed E-state index contributed by atoms with van der Waals surface area (Å²) in [5.74, 6) is -0.269. The van der Waals surface area contributed by atoms with Gasteiger partial charge in [-0.2, -0.15) is 0 Å². The molecular weight excluding hydrogens is 302 g/mol. The molecule has 0 radical (unpaired) electrons. The summed E-state index contributed by atoms with van der Waals surface area (Å²) in [7, 11) is 1.45. The first-order valence-corrected chi connectivity index (χ1v) is 8.92. The predicted molar refractivity (Wildman–Crippen MR) is 94.1 cm³/mol. The number of nitrogens with zero attached hydrogens (tertiary/aromatic N) is 1. The van der Waals surface area contributed by atoms with Crippen LogP contribution in [0.5, 0.6) is 0 Å². The Morgan fingerprint density at radius 3 is 2.33 bits per heavy atom. The molecular formula is C20H27NO3. The Morgan fingerprint density at radius 1 is 1.12 bits per heavy atom. The van der Waals surface area contributed by atoms with Gasteiger partial charge in [0.15, 0.2) is 0 Å². The second-order valence-corrected chi connectivity index (χ2v) is 7.22. The maximum absolute atomic E-state index is 12.6. The molecule has 1 aliphatic carbocycles. The Morgan fingerprint density at radius 2 is 1.75 bits per heavy atom. The molecule has 2 aliphatic rings. The van der Waals surface area contributed by atoms with Crippen LogP contribution >= 0.6 is 0 Å². The van der Waals surface area contributed by atoms with Crippen LogP contribution < -0.4 is 0 Å². The lowest BCUT2D eigenvalue weighted by molar-refractivity contribution is -0.147. The van der Waals surface area contributed by atoms with Crippen molar-refractivity contribution in [2.45, 2.75) is 59.0 Å². The van der Waals surface area contributed by atoms with Gasteiger partial charge in [0.05, 0.1) is 7.11 Å². The van der Waals surface area contributed by atoms with Crippen LogP contribution in [0.1, 0.15) is 54.4 Å². The van der Waals surface area contributed by atoms with E-state index in [1.165, 1.54) is 31.9 Å². The molecule has 4 nitrogen and oxygen atoms in total. The van der Waals surface area contributed by atoms with Crippen molar-refractivity contribution in [2.24, 2.45) is 17.0 Å². The van der Waals surface area contributed by atoms with Gasteiger partial charge in [-0.3, -0.25) is 4.79 Å². The number of benzene rings is 1. The minimum atomic E-state index is -0.418. The Balaban J connectivity index is 1.97. The molecule has 1 saturated carbocycles. The Labute approximate surface area is 144 Å². The van der Waals surface area contributed by atoms with E-state index in [1.807, 2.05) is 0 Å². The SMILES string of the molecule is COC(=O)[C@@H]1C(c2c(C)cc(C)cc2C)=NO[C@@H]1C1CCCCC1. The van der Waals surface area contributed by atoms with Crippen molar-refractivity contribution in [3.8, 4) is 0 Å². The van der Waals surface area contributed by atoms with Crippen LogP contribution in [0.2, 0.25) is 0 Å². The lowest BCUT2D eigenvalue weighted by atomic mass is 9.77. The Bertz CT molecular complexity index is 636. The lowest BCUT2D eigenvalue weighted by Crippen LogP contribution is -2.38. The van der Waals surface area contributed by atoms with Crippen molar-refractivity contribution in [2.75, 3.05) is 7.11 Å². The van der Waals surface area contributed by atoms with E-state index in [4.69, 9.17) is 9.57 Å². The van der Waals surface area contributed by atoms with Gasteiger partial charge in [-0.15, -0.1) is 0 Å². The van der Waals surface area contributed by atoms with Gasteiger partial charge >= 0.3 is 5.97 Å². The summed E-state index contributed by atoms with van der Waals surface area (Å²) in [5.41, 5.74) is 5.26. The zero-order valence-corrected chi connectivity index (χ0v) is 15.1. The van der Waals surface area contributed by atoms with Crippen molar-refractivity contribution in [3.63, 3.8) is 0 Å². The topological polar surface area (TPSA) is 47.9 Å². The van der Waals surface area contributed by atoms with Gasteiger partial charge in [0.1, 0.15) is 17.7 Å². The summed E-state index contributed by atoms with van der Waals surface area (Å²) in [5, 5.41) is 4.38. The average molecular weight is 329 g/mol. The number of rotatable bonds is 3. The molecule has 1 heterocycles. The van der Waals surface area contributed by atoms with E-state index < -0.39 is 5.92 Å². The van der Waals surface area contributed by atoms with E-state index in [-0.39, 0.29) is 12.1 Å². The summed E-state index contributed by atoms with van der Waals surface area (Å²) < 4.78 is 5.11. The number of hydrogen-bond donors (Lipinski definition) is 0. The van der Waals surface area contributed by atoms with Gasteiger partial charge in [-0.1, -0.05) is 42.1 Å². The van der Waals surface area contributed by atoms with Crippen molar-refractivity contribution in [1.82, 2.24) is 0 Å². The minimum Gasteiger partial charge on any atom is -0.468 e. The highest BCUT2D eigenvalue weighted by Crippen LogP contribution is 2.37. The standard InChI is InChI=1S/C20H27NO3/c1-12-10-13(2)16(14(3)11-12)18-17(20(22)23-4)19(24-21-18)15-8-6-5-7-9-15/h10-11,15,17,19H,5-9H2,1-4H3/t17-,19-/m1/s1. The molecule has 3 rings (SSSR count). The number of aryl methyl sites for hydroxylation is 3. The number of hydrogen-bond acceptors (Lipinski definition) is 4. The molecule has 130 valence electrons. The zero-order chi connectivity index (χ0) is 17.3. The number of carbonyl (C=O) groups is 1. The van der Waals surface area contributed by atoms with Crippen LogP contribution in [-0.4, -0.2) is 24.9 Å². The first kappa shape index (κ1) is 17.0. The second-order valence-electron chi connectivity index (χ2n) is 7.22. The van der Waals surface area contributed by atoms with Gasteiger partial charge < -0.3 is 9.57 Å². The molecule has 0 N–H and O–H groups in total. The van der Waals surface area contributed by atoms with E-state index in [2.05, 4.69) is 38.1 Å². The van der Waals surface area contributed by atoms with Gasteiger partial charge in [0, 0.05) is 5.56 Å². The maximum Gasteiger partial charge on any atom is 0.318 e. The highest BCUT2D eigenvalue weighted by atomic mass is 16.6. The number of ether oxygens (including phenoxy) is 1. The largest absolute Gasteiger partial charge is 0.468 e. The van der Waals surface area contributed by atoms with Crippen molar-refractivity contribution >= 4 is 11.7 Å². The van der Waals surface area contributed by atoms with Crippen LogP contribution in [0.25, 0.3) is 0 Å². The molecule has 1 aromatic carbocycles. The minimum absolute atomic E-state index is 0.187. The van der Waals surface area contributed by atoms with Crippen LogP contribution in [0, 0.1) is 32.6 Å². The van der Waals surface area contributed by atoms with Crippen LogP contribution in [-0.2, 0) is 14.4 Å². The molecule has 0 spiro atoms. The third-order valence-electron chi connectivity index (χ3n) is 5.40. The predicted octanol–water partition coefficient (Wildman–Crippen LogP) is 4.08. The molecule has 1 aliphatic heterocycles. The average Bonchev–Trinajstić information content (AvgIpc) is 2.98. The van der Waals surface area contributed by atoms with E-state index in [1.54, 1.807) is 0 Å². The van der Waals surface area contributed by atoms with Gasteiger partial charge in [-0.25, -0.2) is 0 Å². The number of esters is 1. The molecule has 2 atom stereocenters. The fraction of sp³-hybridized carbons (Fsp3) is 0.600. The van der Waals surface area contributed by atoms with Crippen LogP contribution in [0.3, 0.4) is 0 Å². The van der Waals surface area contributed by atoms with Gasteiger partial charge in [0.2, 0.25) is 0 Å². The molecule has 4 heteroatoms. The van der Waals surface area contributed by atoms with E-state index in [9.17, 15) is 4.79 Å². The van der Waals surface area contributed by atoms with Crippen molar-refractivity contribution in [3.05, 3.63) is 34.4 Å². The third-order valence-corrected chi connectivity index (χ3v) is 5.40. The number of oxime groups is 1. The molecule has 0 unspecified atom stereocenters. The summed E-state index contributed by atoms with van der Waals surface area (Å²) in [6.07, 6.45) is 5.70. The second kappa shape index (κ2) is 6.96. The highest BCUT2D eigenvalue weighted by molar-refractivity contribution is 6.14. The molecule has 1 aromatic rings. The van der Waals surface area contributed by atoms with Crippen molar-refractivity contribution in [1.29, 1.82) is 0 Å². The molecule has 0 bridgehead atoms. The number of carbonyl (C=O) groups excluding carboxylic acids is 1. The molecule has 1 fully saturated rings. The Kier molecular flexibility index (Phi) is 4.93.